The van der Waals surface area contributed by atoms with E-state index in [1.807, 2.05) is 49.4 Å². The van der Waals surface area contributed by atoms with Crippen molar-refractivity contribution in [2.45, 2.75) is 33.1 Å². The molecule has 0 aromatic heterocycles. The van der Waals surface area contributed by atoms with E-state index in [0.29, 0.717) is 31.2 Å². The summed E-state index contributed by atoms with van der Waals surface area (Å²) in [5.74, 6) is 2.05. The van der Waals surface area contributed by atoms with E-state index < -0.39 is 0 Å². The van der Waals surface area contributed by atoms with Gasteiger partial charge in [0.2, 0.25) is 0 Å². The fourth-order valence-corrected chi connectivity index (χ4v) is 3.07. The molecule has 0 unspecified atom stereocenters. The Kier molecular flexibility index (Phi) is 12.7. The molecule has 0 fully saturated rings. The van der Waals surface area contributed by atoms with Crippen LogP contribution in [0.25, 0.3) is 0 Å². The highest BCUT2D eigenvalue weighted by Gasteiger charge is 2.07. The second kappa shape index (κ2) is 14.7. The van der Waals surface area contributed by atoms with Crippen LogP contribution in [0.4, 0.5) is 0 Å². The molecule has 1 amide bonds. The van der Waals surface area contributed by atoms with E-state index in [0.717, 1.165) is 30.2 Å². The summed E-state index contributed by atoms with van der Waals surface area (Å²) in [5.41, 5.74) is 2.98. The first-order valence-corrected chi connectivity index (χ1v) is 10.6. The van der Waals surface area contributed by atoms with Gasteiger partial charge in [-0.25, -0.2) is 0 Å². The summed E-state index contributed by atoms with van der Waals surface area (Å²) in [6.45, 7) is 9.01. The van der Waals surface area contributed by atoms with Gasteiger partial charge in [0.1, 0.15) is 12.4 Å². The number of halogens is 1. The highest BCUT2D eigenvalue weighted by molar-refractivity contribution is 14.0. The fourth-order valence-electron chi connectivity index (χ4n) is 3.07. The Morgan fingerprint density at radius 3 is 2.58 bits per heavy atom. The molecule has 0 saturated carbocycles. The van der Waals surface area contributed by atoms with E-state index >= 15 is 0 Å². The van der Waals surface area contributed by atoms with Crippen molar-refractivity contribution in [1.29, 1.82) is 0 Å². The molecule has 2 aromatic carbocycles. The van der Waals surface area contributed by atoms with Gasteiger partial charge in [-0.05, 0) is 48.6 Å². The topological polar surface area (TPSA) is 74.8 Å². The molecule has 0 atom stereocenters. The lowest BCUT2D eigenvalue weighted by Crippen LogP contribution is -2.39. The molecule has 0 spiro atoms. The molecule has 31 heavy (non-hydrogen) atoms. The molecule has 7 heteroatoms. The number of ether oxygens (including phenoxy) is 1. The van der Waals surface area contributed by atoms with Crippen LogP contribution in [-0.4, -0.2) is 45.2 Å². The van der Waals surface area contributed by atoms with Gasteiger partial charge < -0.3 is 20.7 Å². The second-order valence-electron chi connectivity index (χ2n) is 7.26. The minimum Gasteiger partial charge on any atom is -0.491 e. The van der Waals surface area contributed by atoms with E-state index in [1.165, 1.54) is 5.56 Å². The van der Waals surface area contributed by atoms with Crippen LogP contribution in [0.5, 0.6) is 5.75 Å². The third kappa shape index (κ3) is 9.16. The predicted molar refractivity (Wildman–Crippen MR) is 139 cm³/mol. The SMILES string of the molecule is CCNC(=NCCc1cccc(C(=O)NC)c1)NCCOc1ccccc1C(C)C.I. The van der Waals surface area contributed by atoms with Crippen molar-refractivity contribution in [2.24, 2.45) is 4.99 Å². The number of rotatable bonds is 10. The largest absolute Gasteiger partial charge is 0.491 e. The summed E-state index contributed by atoms with van der Waals surface area (Å²) in [6, 6.07) is 15.8. The van der Waals surface area contributed by atoms with E-state index in [-0.39, 0.29) is 29.9 Å². The van der Waals surface area contributed by atoms with Gasteiger partial charge in [0.25, 0.3) is 5.91 Å². The van der Waals surface area contributed by atoms with Gasteiger partial charge in [-0.1, -0.05) is 44.2 Å². The van der Waals surface area contributed by atoms with Crippen LogP contribution in [0.3, 0.4) is 0 Å². The summed E-state index contributed by atoms with van der Waals surface area (Å²) >= 11 is 0. The molecule has 0 aliphatic heterocycles. The Hall–Kier alpha value is -2.29. The average Bonchev–Trinajstić information content (AvgIpc) is 2.76. The number of amides is 1. The Bertz CT molecular complexity index is 840. The molecule has 0 aliphatic carbocycles. The van der Waals surface area contributed by atoms with Crippen molar-refractivity contribution >= 4 is 35.8 Å². The number of aliphatic imine (C=N–C) groups is 1. The van der Waals surface area contributed by atoms with Crippen molar-refractivity contribution in [3.63, 3.8) is 0 Å². The molecule has 6 nitrogen and oxygen atoms in total. The number of hydrogen-bond donors (Lipinski definition) is 3. The maximum atomic E-state index is 11.8. The van der Waals surface area contributed by atoms with Crippen LogP contribution in [0.2, 0.25) is 0 Å². The van der Waals surface area contributed by atoms with Gasteiger partial charge in [-0.15, -0.1) is 24.0 Å². The van der Waals surface area contributed by atoms with Crippen LogP contribution in [0, 0.1) is 0 Å². The Morgan fingerprint density at radius 1 is 1.10 bits per heavy atom. The molecular formula is C24H35IN4O2. The lowest BCUT2D eigenvalue weighted by Gasteiger charge is -2.15. The summed E-state index contributed by atoms with van der Waals surface area (Å²) in [6.07, 6.45) is 0.764. The van der Waals surface area contributed by atoms with Crippen LogP contribution in [-0.2, 0) is 6.42 Å². The van der Waals surface area contributed by atoms with Crippen LogP contribution < -0.4 is 20.7 Å². The fraction of sp³-hybridized carbons (Fsp3) is 0.417. The maximum absolute atomic E-state index is 11.8. The molecule has 0 saturated heterocycles. The summed E-state index contributed by atoms with van der Waals surface area (Å²) in [7, 11) is 1.64. The van der Waals surface area contributed by atoms with Gasteiger partial charge in [-0.3, -0.25) is 9.79 Å². The lowest BCUT2D eigenvalue weighted by molar-refractivity contribution is 0.0963. The highest BCUT2D eigenvalue weighted by Crippen LogP contribution is 2.25. The van der Waals surface area contributed by atoms with Crippen LogP contribution in [0.1, 0.15) is 48.2 Å². The maximum Gasteiger partial charge on any atom is 0.251 e. The second-order valence-corrected chi connectivity index (χ2v) is 7.26. The van der Waals surface area contributed by atoms with Crippen molar-refractivity contribution in [2.75, 3.05) is 33.3 Å². The number of hydrogen-bond acceptors (Lipinski definition) is 3. The van der Waals surface area contributed by atoms with E-state index in [4.69, 9.17) is 4.74 Å². The minimum absolute atomic E-state index is 0. The Morgan fingerprint density at radius 2 is 1.87 bits per heavy atom. The third-order valence-corrected chi connectivity index (χ3v) is 4.62. The van der Waals surface area contributed by atoms with Gasteiger partial charge in [0.05, 0.1) is 6.54 Å². The monoisotopic (exact) mass is 538 g/mol. The first kappa shape index (κ1) is 26.7. The molecule has 0 bridgehead atoms. The van der Waals surface area contributed by atoms with Crippen molar-refractivity contribution in [3.8, 4) is 5.75 Å². The number of guanidine groups is 1. The number of nitrogens with one attached hydrogen (secondary N) is 3. The average molecular weight is 538 g/mol. The minimum atomic E-state index is -0.0746. The molecule has 3 N–H and O–H groups in total. The Labute approximate surface area is 203 Å². The van der Waals surface area contributed by atoms with Gasteiger partial charge in [-0.2, -0.15) is 0 Å². The molecule has 170 valence electrons. The predicted octanol–water partition coefficient (Wildman–Crippen LogP) is 3.96. The molecule has 2 rings (SSSR count). The quantitative estimate of drug-likeness (QED) is 0.185. The smallest absolute Gasteiger partial charge is 0.251 e. The number of carbonyl (C=O) groups excluding carboxylic acids is 1. The number of nitrogens with zero attached hydrogens (tertiary/aromatic N) is 1. The first-order valence-electron chi connectivity index (χ1n) is 10.6. The zero-order valence-electron chi connectivity index (χ0n) is 18.9. The zero-order valence-corrected chi connectivity index (χ0v) is 21.2. The molecule has 0 aliphatic rings. The van der Waals surface area contributed by atoms with Crippen molar-refractivity contribution in [1.82, 2.24) is 16.0 Å². The highest BCUT2D eigenvalue weighted by atomic mass is 127. The van der Waals surface area contributed by atoms with Crippen LogP contribution >= 0.6 is 24.0 Å². The van der Waals surface area contributed by atoms with Gasteiger partial charge in [0.15, 0.2) is 5.96 Å². The third-order valence-electron chi connectivity index (χ3n) is 4.62. The number of para-hydroxylation sites is 1. The summed E-state index contributed by atoms with van der Waals surface area (Å²) in [5, 5.41) is 9.22. The normalized spacial score (nSPS) is 10.9. The molecular weight excluding hydrogens is 503 g/mol. The van der Waals surface area contributed by atoms with Crippen LogP contribution in [0.15, 0.2) is 53.5 Å². The summed E-state index contributed by atoms with van der Waals surface area (Å²) < 4.78 is 5.96. The van der Waals surface area contributed by atoms with E-state index in [2.05, 4.69) is 40.9 Å². The number of benzene rings is 2. The Balaban J connectivity index is 0.00000480. The molecule has 0 heterocycles. The standard InChI is InChI=1S/C24H34N4O2.HI/c1-5-26-24(27-14-13-19-9-8-10-20(17-19)23(29)25-4)28-15-16-30-22-12-7-6-11-21(22)18(2)3;/h6-12,17-18H,5,13-16H2,1-4H3,(H,25,29)(H2,26,27,28);1H. The lowest BCUT2D eigenvalue weighted by atomic mass is 10.0. The zero-order chi connectivity index (χ0) is 21.8. The first-order chi connectivity index (χ1) is 14.5. The molecule has 2 aromatic rings. The van der Waals surface area contributed by atoms with Crippen molar-refractivity contribution < 1.29 is 9.53 Å². The van der Waals surface area contributed by atoms with Gasteiger partial charge in [0, 0.05) is 25.7 Å². The molecule has 0 radical (unpaired) electrons. The van der Waals surface area contributed by atoms with E-state index in [9.17, 15) is 4.79 Å². The van der Waals surface area contributed by atoms with E-state index in [1.54, 1.807) is 7.05 Å². The van der Waals surface area contributed by atoms with Crippen molar-refractivity contribution in [3.05, 3.63) is 65.2 Å². The number of carbonyl (C=O) groups is 1. The summed E-state index contributed by atoms with van der Waals surface area (Å²) in [4.78, 5) is 16.4. The van der Waals surface area contributed by atoms with Gasteiger partial charge >= 0.3 is 0 Å².